The molecular formula is C13H17N3O2. The number of nitrogens with zero attached hydrogens (tertiary/aromatic N) is 2. The molecule has 0 aliphatic rings. The van der Waals surface area contributed by atoms with Gasteiger partial charge in [-0.25, -0.2) is 0 Å². The van der Waals surface area contributed by atoms with Gasteiger partial charge in [-0.05, 0) is 19.1 Å². The molecule has 5 nitrogen and oxygen atoms in total. The largest absolute Gasteiger partial charge is 0.419 e. The zero-order valence-electron chi connectivity index (χ0n) is 10.4. The third-order valence-electron chi connectivity index (χ3n) is 2.39. The number of ether oxygens (including phenoxy) is 1. The van der Waals surface area contributed by atoms with Gasteiger partial charge in [0, 0.05) is 18.7 Å². The molecule has 0 bridgehead atoms. The van der Waals surface area contributed by atoms with Crippen LogP contribution in [0.15, 0.2) is 34.7 Å². The van der Waals surface area contributed by atoms with Crippen molar-refractivity contribution in [2.24, 2.45) is 0 Å². The van der Waals surface area contributed by atoms with Crippen molar-refractivity contribution in [2.45, 2.75) is 13.5 Å². The molecule has 0 spiro atoms. The molecule has 96 valence electrons. The standard InChI is InChI=1S/C13H17N3O2/c1-2-17-9-8-14-10-12-15-16-13(18-12)11-6-4-3-5-7-11/h3-7,14H,2,8-10H2,1H3. The molecule has 1 aromatic heterocycles. The molecule has 0 aliphatic heterocycles. The van der Waals surface area contributed by atoms with Crippen LogP contribution in [0.25, 0.3) is 11.5 Å². The lowest BCUT2D eigenvalue weighted by Crippen LogP contribution is -2.19. The van der Waals surface area contributed by atoms with Crippen molar-refractivity contribution in [2.75, 3.05) is 19.8 Å². The number of benzene rings is 1. The van der Waals surface area contributed by atoms with Crippen molar-refractivity contribution in [3.8, 4) is 11.5 Å². The molecule has 0 amide bonds. The fraction of sp³-hybridized carbons (Fsp3) is 0.385. The van der Waals surface area contributed by atoms with Crippen molar-refractivity contribution in [3.05, 3.63) is 36.2 Å². The van der Waals surface area contributed by atoms with E-state index in [0.29, 0.717) is 24.9 Å². The lowest BCUT2D eigenvalue weighted by Gasteiger charge is -2.01. The second kappa shape index (κ2) is 6.88. The van der Waals surface area contributed by atoms with Gasteiger partial charge in [-0.15, -0.1) is 10.2 Å². The lowest BCUT2D eigenvalue weighted by atomic mass is 10.2. The van der Waals surface area contributed by atoms with E-state index in [-0.39, 0.29) is 0 Å². The SMILES string of the molecule is CCOCCNCc1nnc(-c2ccccc2)o1. The first-order valence-electron chi connectivity index (χ1n) is 6.06. The van der Waals surface area contributed by atoms with E-state index < -0.39 is 0 Å². The van der Waals surface area contributed by atoms with Gasteiger partial charge >= 0.3 is 0 Å². The van der Waals surface area contributed by atoms with Gasteiger partial charge in [-0.1, -0.05) is 18.2 Å². The third-order valence-corrected chi connectivity index (χ3v) is 2.39. The Labute approximate surface area is 106 Å². The quantitative estimate of drug-likeness (QED) is 0.757. The van der Waals surface area contributed by atoms with Crippen molar-refractivity contribution in [1.29, 1.82) is 0 Å². The second-order valence-electron chi connectivity index (χ2n) is 3.74. The highest BCUT2D eigenvalue weighted by Crippen LogP contribution is 2.16. The molecule has 0 saturated heterocycles. The number of hydrogen-bond donors (Lipinski definition) is 1. The molecule has 0 fully saturated rings. The Morgan fingerprint density at radius 2 is 2.06 bits per heavy atom. The average molecular weight is 247 g/mol. The predicted molar refractivity (Wildman–Crippen MR) is 67.9 cm³/mol. The molecule has 1 heterocycles. The Balaban J connectivity index is 1.83. The van der Waals surface area contributed by atoms with E-state index in [1.807, 2.05) is 37.3 Å². The Hall–Kier alpha value is -1.72. The van der Waals surface area contributed by atoms with E-state index in [0.717, 1.165) is 18.7 Å². The van der Waals surface area contributed by atoms with Gasteiger partial charge in [0.25, 0.3) is 0 Å². The molecule has 1 N–H and O–H groups in total. The molecular weight excluding hydrogens is 230 g/mol. The monoisotopic (exact) mass is 247 g/mol. The molecule has 18 heavy (non-hydrogen) atoms. The fourth-order valence-electron chi connectivity index (χ4n) is 1.51. The van der Waals surface area contributed by atoms with E-state index in [4.69, 9.17) is 9.15 Å². The minimum atomic E-state index is 0.553. The van der Waals surface area contributed by atoms with E-state index in [9.17, 15) is 0 Å². The van der Waals surface area contributed by atoms with Crippen LogP contribution in [0.1, 0.15) is 12.8 Å². The van der Waals surface area contributed by atoms with Crippen molar-refractivity contribution >= 4 is 0 Å². The number of nitrogens with one attached hydrogen (secondary N) is 1. The first kappa shape index (κ1) is 12.7. The highest BCUT2D eigenvalue weighted by atomic mass is 16.5. The minimum absolute atomic E-state index is 0.553. The van der Waals surface area contributed by atoms with Gasteiger partial charge < -0.3 is 14.5 Å². The Bertz CT molecular complexity index is 456. The van der Waals surface area contributed by atoms with Crippen LogP contribution in [0.4, 0.5) is 0 Å². The van der Waals surface area contributed by atoms with Crippen LogP contribution < -0.4 is 5.32 Å². The summed E-state index contributed by atoms with van der Waals surface area (Å²) >= 11 is 0. The Morgan fingerprint density at radius 1 is 1.22 bits per heavy atom. The summed E-state index contributed by atoms with van der Waals surface area (Å²) in [6.07, 6.45) is 0. The van der Waals surface area contributed by atoms with Crippen LogP contribution in [0, 0.1) is 0 Å². The van der Waals surface area contributed by atoms with Crippen LogP contribution in [0.3, 0.4) is 0 Å². The molecule has 5 heteroatoms. The van der Waals surface area contributed by atoms with Crippen LogP contribution >= 0.6 is 0 Å². The Morgan fingerprint density at radius 3 is 2.83 bits per heavy atom. The number of hydrogen-bond acceptors (Lipinski definition) is 5. The highest BCUT2D eigenvalue weighted by Gasteiger charge is 2.06. The van der Waals surface area contributed by atoms with E-state index >= 15 is 0 Å². The lowest BCUT2D eigenvalue weighted by molar-refractivity contribution is 0.148. The number of rotatable bonds is 7. The second-order valence-corrected chi connectivity index (χ2v) is 3.74. The van der Waals surface area contributed by atoms with E-state index in [1.165, 1.54) is 0 Å². The summed E-state index contributed by atoms with van der Waals surface area (Å²) in [4.78, 5) is 0. The summed E-state index contributed by atoms with van der Waals surface area (Å²) < 4.78 is 10.8. The van der Waals surface area contributed by atoms with Crippen LogP contribution in [0.2, 0.25) is 0 Å². The normalized spacial score (nSPS) is 10.7. The summed E-state index contributed by atoms with van der Waals surface area (Å²) in [7, 11) is 0. The molecule has 2 rings (SSSR count). The molecule has 0 saturated carbocycles. The van der Waals surface area contributed by atoms with Crippen LogP contribution in [0.5, 0.6) is 0 Å². The Kier molecular flexibility index (Phi) is 4.87. The average Bonchev–Trinajstić information content (AvgIpc) is 2.88. The van der Waals surface area contributed by atoms with Gasteiger partial charge in [0.2, 0.25) is 11.8 Å². The van der Waals surface area contributed by atoms with Gasteiger partial charge in [0.1, 0.15) is 0 Å². The van der Waals surface area contributed by atoms with E-state index in [1.54, 1.807) is 0 Å². The van der Waals surface area contributed by atoms with Gasteiger partial charge in [-0.3, -0.25) is 0 Å². The van der Waals surface area contributed by atoms with Crippen LogP contribution in [-0.4, -0.2) is 30.0 Å². The highest BCUT2D eigenvalue weighted by molar-refractivity contribution is 5.51. The van der Waals surface area contributed by atoms with Gasteiger partial charge in [0.15, 0.2) is 0 Å². The molecule has 2 aromatic rings. The van der Waals surface area contributed by atoms with Crippen LogP contribution in [-0.2, 0) is 11.3 Å². The van der Waals surface area contributed by atoms with Crippen molar-refractivity contribution < 1.29 is 9.15 Å². The van der Waals surface area contributed by atoms with E-state index in [2.05, 4.69) is 15.5 Å². The maximum atomic E-state index is 5.55. The maximum Gasteiger partial charge on any atom is 0.247 e. The molecule has 0 radical (unpaired) electrons. The summed E-state index contributed by atoms with van der Waals surface area (Å²) in [6, 6.07) is 9.73. The maximum absolute atomic E-state index is 5.55. The van der Waals surface area contributed by atoms with Crippen molar-refractivity contribution in [1.82, 2.24) is 15.5 Å². The fourth-order valence-corrected chi connectivity index (χ4v) is 1.51. The first-order valence-corrected chi connectivity index (χ1v) is 6.06. The third kappa shape index (κ3) is 3.65. The zero-order valence-corrected chi connectivity index (χ0v) is 10.4. The summed E-state index contributed by atoms with van der Waals surface area (Å²) in [5, 5.41) is 11.2. The minimum Gasteiger partial charge on any atom is -0.419 e. The topological polar surface area (TPSA) is 60.2 Å². The molecule has 0 aliphatic carbocycles. The number of aromatic nitrogens is 2. The van der Waals surface area contributed by atoms with Gasteiger partial charge in [-0.2, -0.15) is 0 Å². The summed E-state index contributed by atoms with van der Waals surface area (Å²) in [5.74, 6) is 1.14. The first-order chi connectivity index (χ1) is 8.90. The van der Waals surface area contributed by atoms with Crippen molar-refractivity contribution in [3.63, 3.8) is 0 Å². The summed E-state index contributed by atoms with van der Waals surface area (Å²) in [6.45, 7) is 4.74. The molecule has 0 unspecified atom stereocenters. The molecule has 0 atom stereocenters. The van der Waals surface area contributed by atoms with Gasteiger partial charge in [0.05, 0.1) is 13.2 Å². The zero-order chi connectivity index (χ0) is 12.6. The molecule has 1 aromatic carbocycles. The predicted octanol–water partition coefficient (Wildman–Crippen LogP) is 1.86. The smallest absolute Gasteiger partial charge is 0.247 e. The summed E-state index contributed by atoms with van der Waals surface area (Å²) in [5.41, 5.74) is 0.936.